The molecule has 0 amide bonds. The van der Waals surface area contributed by atoms with Gasteiger partial charge in [-0.2, -0.15) is 0 Å². The minimum atomic E-state index is -0.864. The van der Waals surface area contributed by atoms with Gasteiger partial charge >= 0.3 is 0 Å². The average molecular weight is 295 g/mol. The topological polar surface area (TPSA) is 0 Å². The van der Waals surface area contributed by atoms with Crippen LogP contribution in [0.4, 0.5) is 8.78 Å². The van der Waals surface area contributed by atoms with Crippen LogP contribution < -0.4 is 0 Å². The average Bonchev–Trinajstić information content (AvgIpc) is 2.48. The third-order valence-electron chi connectivity index (χ3n) is 3.53. The SMILES string of the molecule is CCc1ccc(CC)c(C(Cl)c2cccc(F)c2F)c1. The summed E-state index contributed by atoms with van der Waals surface area (Å²) < 4.78 is 27.2. The van der Waals surface area contributed by atoms with Crippen molar-refractivity contribution in [1.29, 1.82) is 0 Å². The van der Waals surface area contributed by atoms with Crippen LogP contribution in [0.3, 0.4) is 0 Å². The molecule has 1 atom stereocenters. The van der Waals surface area contributed by atoms with Crippen molar-refractivity contribution >= 4 is 11.6 Å². The highest BCUT2D eigenvalue weighted by Gasteiger charge is 2.20. The van der Waals surface area contributed by atoms with Gasteiger partial charge in [-0.1, -0.05) is 44.2 Å². The molecule has 0 aliphatic carbocycles. The Morgan fingerprint density at radius 2 is 1.75 bits per heavy atom. The molecular weight excluding hydrogens is 278 g/mol. The number of halogens is 3. The monoisotopic (exact) mass is 294 g/mol. The summed E-state index contributed by atoms with van der Waals surface area (Å²) in [5, 5.41) is -0.674. The van der Waals surface area contributed by atoms with Crippen LogP contribution in [0.25, 0.3) is 0 Å². The van der Waals surface area contributed by atoms with Crippen LogP contribution in [-0.4, -0.2) is 0 Å². The smallest absolute Gasteiger partial charge is 0.163 e. The number of benzene rings is 2. The van der Waals surface area contributed by atoms with Crippen molar-refractivity contribution in [3.05, 3.63) is 70.3 Å². The normalized spacial score (nSPS) is 12.4. The molecule has 2 aromatic rings. The summed E-state index contributed by atoms with van der Waals surface area (Å²) in [6, 6.07) is 10.2. The van der Waals surface area contributed by atoms with Crippen molar-refractivity contribution in [3.63, 3.8) is 0 Å². The second-order valence-electron chi connectivity index (χ2n) is 4.75. The van der Waals surface area contributed by atoms with Crippen LogP contribution in [0.2, 0.25) is 0 Å². The summed E-state index contributed by atoms with van der Waals surface area (Å²) >= 11 is 6.42. The van der Waals surface area contributed by atoms with Gasteiger partial charge in [0.05, 0.1) is 5.38 Å². The first-order valence-corrected chi connectivity index (χ1v) is 7.21. The molecule has 0 aromatic heterocycles. The Kier molecular flexibility index (Phi) is 4.77. The lowest BCUT2D eigenvalue weighted by Gasteiger charge is -2.16. The van der Waals surface area contributed by atoms with Gasteiger partial charge in [0.2, 0.25) is 0 Å². The van der Waals surface area contributed by atoms with Crippen LogP contribution in [-0.2, 0) is 12.8 Å². The Labute approximate surface area is 123 Å². The number of hydrogen-bond donors (Lipinski definition) is 0. The van der Waals surface area contributed by atoms with Gasteiger partial charge in [0.25, 0.3) is 0 Å². The standard InChI is InChI=1S/C17H17ClF2/c1-3-11-8-9-12(4-2)14(10-11)16(18)13-6-5-7-15(19)17(13)20/h5-10,16H,3-4H2,1-2H3. The lowest BCUT2D eigenvalue weighted by Crippen LogP contribution is -2.03. The first-order chi connectivity index (χ1) is 9.58. The van der Waals surface area contributed by atoms with Gasteiger partial charge in [0.1, 0.15) is 0 Å². The fraction of sp³-hybridized carbons (Fsp3) is 0.294. The van der Waals surface area contributed by atoms with E-state index in [1.165, 1.54) is 12.1 Å². The summed E-state index contributed by atoms with van der Waals surface area (Å²) in [6.45, 7) is 4.08. The molecule has 0 aliphatic rings. The summed E-state index contributed by atoms with van der Waals surface area (Å²) in [5.41, 5.74) is 3.25. The van der Waals surface area contributed by atoms with Crippen molar-refractivity contribution in [2.75, 3.05) is 0 Å². The van der Waals surface area contributed by atoms with Crippen molar-refractivity contribution in [2.24, 2.45) is 0 Å². The van der Waals surface area contributed by atoms with E-state index in [4.69, 9.17) is 11.6 Å². The predicted molar refractivity (Wildman–Crippen MR) is 79.3 cm³/mol. The maximum atomic E-state index is 13.9. The number of aryl methyl sites for hydroxylation is 2. The van der Waals surface area contributed by atoms with Crippen molar-refractivity contribution < 1.29 is 8.78 Å². The van der Waals surface area contributed by atoms with Crippen molar-refractivity contribution in [1.82, 2.24) is 0 Å². The first kappa shape index (κ1) is 15.0. The van der Waals surface area contributed by atoms with Gasteiger partial charge < -0.3 is 0 Å². The molecule has 2 rings (SSSR count). The Hall–Kier alpha value is -1.41. The van der Waals surface area contributed by atoms with Crippen LogP contribution in [0, 0.1) is 11.6 Å². The lowest BCUT2D eigenvalue weighted by molar-refractivity contribution is 0.500. The van der Waals surface area contributed by atoms with Crippen LogP contribution in [0.5, 0.6) is 0 Å². The highest BCUT2D eigenvalue weighted by molar-refractivity contribution is 6.22. The highest BCUT2D eigenvalue weighted by atomic mass is 35.5. The van der Waals surface area contributed by atoms with E-state index in [1.807, 2.05) is 25.1 Å². The van der Waals surface area contributed by atoms with E-state index in [0.29, 0.717) is 0 Å². The molecule has 0 saturated heterocycles. The molecule has 0 bridgehead atoms. The van der Waals surface area contributed by atoms with Crippen molar-refractivity contribution in [2.45, 2.75) is 32.1 Å². The fourth-order valence-electron chi connectivity index (χ4n) is 2.31. The fourth-order valence-corrected chi connectivity index (χ4v) is 2.68. The van der Waals surface area contributed by atoms with Gasteiger partial charge in [-0.15, -0.1) is 11.6 Å². The molecule has 0 aliphatic heterocycles. The maximum absolute atomic E-state index is 13.9. The second kappa shape index (κ2) is 6.36. The molecule has 3 heteroatoms. The molecule has 20 heavy (non-hydrogen) atoms. The Morgan fingerprint density at radius 3 is 2.40 bits per heavy atom. The Balaban J connectivity index is 2.51. The van der Waals surface area contributed by atoms with Gasteiger partial charge in [-0.25, -0.2) is 8.78 Å². The minimum absolute atomic E-state index is 0.189. The summed E-state index contributed by atoms with van der Waals surface area (Å²) in [6.07, 6.45) is 1.69. The van der Waals surface area contributed by atoms with Crippen LogP contribution >= 0.6 is 11.6 Å². The Bertz CT molecular complexity index is 608. The molecule has 0 heterocycles. The van der Waals surface area contributed by atoms with E-state index in [1.54, 1.807) is 0 Å². The molecule has 0 radical (unpaired) electrons. The van der Waals surface area contributed by atoms with E-state index in [9.17, 15) is 8.78 Å². The number of alkyl halides is 1. The zero-order valence-electron chi connectivity index (χ0n) is 11.6. The molecule has 0 spiro atoms. The number of hydrogen-bond acceptors (Lipinski definition) is 0. The lowest BCUT2D eigenvalue weighted by atomic mass is 9.94. The molecule has 0 N–H and O–H groups in total. The maximum Gasteiger partial charge on any atom is 0.163 e. The third-order valence-corrected chi connectivity index (χ3v) is 4.00. The molecule has 2 aromatic carbocycles. The van der Waals surface area contributed by atoms with Gasteiger partial charge in [-0.3, -0.25) is 0 Å². The molecule has 106 valence electrons. The van der Waals surface area contributed by atoms with E-state index < -0.39 is 17.0 Å². The summed E-state index contributed by atoms with van der Waals surface area (Å²) in [4.78, 5) is 0. The molecule has 1 unspecified atom stereocenters. The van der Waals surface area contributed by atoms with E-state index in [2.05, 4.69) is 6.92 Å². The summed E-state index contributed by atoms with van der Waals surface area (Å²) in [7, 11) is 0. The van der Waals surface area contributed by atoms with E-state index >= 15 is 0 Å². The van der Waals surface area contributed by atoms with Gasteiger partial charge in [0.15, 0.2) is 11.6 Å². The quantitative estimate of drug-likeness (QED) is 0.661. The second-order valence-corrected chi connectivity index (χ2v) is 5.18. The molecule has 0 fully saturated rings. The Morgan fingerprint density at radius 1 is 1.00 bits per heavy atom. The van der Waals surface area contributed by atoms with E-state index in [-0.39, 0.29) is 5.56 Å². The molecule has 0 nitrogen and oxygen atoms in total. The minimum Gasteiger partial charge on any atom is -0.204 e. The highest BCUT2D eigenvalue weighted by Crippen LogP contribution is 2.34. The summed E-state index contributed by atoms with van der Waals surface area (Å²) in [5.74, 6) is -1.73. The van der Waals surface area contributed by atoms with Gasteiger partial charge in [0, 0.05) is 5.56 Å². The first-order valence-electron chi connectivity index (χ1n) is 6.78. The number of rotatable bonds is 4. The van der Waals surface area contributed by atoms with E-state index in [0.717, 1.165) is 35.6 Å². The van der Waals surface area contributed by atoms with Crippen LogP contribution in [0.15, 0.2) is 36.4 Å². The predicted octanol–water partition coefficient (Wildman–Crippen LogP) is 5.42. The zero-order chi connectivity index (χ0) is 14.7. The zero-order valence-corrected chi connectivity index (χ0v) is 12.3. The third kappa shape index (κ3) is 2.85. The molecule has 0 saturated carbocycles. The van der Waals surface area contributed by atoms with Crippen molar-refractivity contribution in [3.8, 4) is 0 Å². The molecular formula is C17H17ClF2. The van der Waals surface area contributed by atoms with Gasteiger partial charge in [-0.05, 0) is 35.6 Å². The largest absolute Gasteiger partial charge is 0.204 e. The van der Waals surface area contributed by atoms with Crippen LogP contribution in [0.1, 0.15) is 41.5 Å².